The van der Waals surface area contributed by atoms with E-state index in [1.54, 1.807) is 0 Å². The van der Waals surface area contributed by atoms with Crippen molar-refractivity contribution in [2.24, 2.45) is 0 Å². The number of fused-ring (bicyclic) bond motifs is 1. The maximum atomic E-state index is 6.04. The van der Waals surface area contributed by atoms with Gasteiger partial charge in [0, 0.05) is 34.7 Å². The van der Waals surface area contributed by atoms with Gasteiger partial charge in [-0.1, -0.05) is 41.4 Å². The van der Waals surface area contributed by atoms with E-state index < -0.39 is 0 Å². The van der Waals surface area contributed by atoms with E-state index in [0.717, 1.165) is 46.5 Å². The molecule has 0 saturated heterocycles. The van der Waals surface area contributed by atoms with Gasteiger partial charge < -0.3 is 10.1 Å². The zero-order chi connectivity index (χ0) is 19.7. The lowest BCUT2D eigenvalue weighted by molar-refractivity contribution is 0.274. The minimum absolute atomic E-state index is 0.168. The minimum Gasteiger partial charge on any atom is -0.493 e. The predicted octanol–water partition coefficient (Wildman–Crippen LogP) is 5.58. The summed E-state index contributed by atoms with van der Waals surface area (Å²) in [6.45, 7) is 6.79. The van der Waals surface area contributed by atoms with E-state index in [-0.39, 0.29) is 6.04 Å². The summed E-state index contributed by atoms with van der Waals surface area (Å²) in [5.41, 5.74) is 5.73. The molecule has 1 N–H and O–H groups in total. The number of halogens is 1. The summed E-state index contributed by atoms with van der Waals surface area (Å²) < 4.78 is 5.85. The van der Waals surface area contributed by atoms with Gasteiger partial charge in [0.2, 0.25) is 0 Å². The zero-order valence-corrected chi connectivity index (χ0v) is 17.2. The second-order valence-corrected chi connectivity index (χ2v) is 7.80. The molecule has 2 heterocycles. The number of hydrogen-bond acceptors (Lipinski definition) is 4. The molecule has 4 rings (SSSR count). The molecule has 4 nitrogen and oxygen atoms in total. The van der Waals surface area contributed by atoms with Crippen LogP contribution in [0.5, 0.6) is 5.75 Å². The molecule has 1 aliphatic rings. The minimum atomic E-state index is 0.168. The third-order valence-corrected chi connectivity index (χ3v) is 5.39. The number of hydrogen-bond donors (Lipinski definition) is 1. The first-order valence-electron chi connectivity index (χ1n) is 9.58. The number of benzene rings is 2. The van der Waals surface area contributed by atoms with Crippen molar-refractivity contribution in [1.29, 1.82) is 0 Å². The standard InChI is InChI=1S/C23H24ClN3O/c1-14-4-9-22-20(12-14)21(10-11-28-22)27-23-19(15(2)25-16(3)26-23)13-17-5-7-18(24)8-6-17/h4-9,12,21H,10-11,13H2,1-3H3,(H,25,26,27). The molecule has 144 valence electrons. The summed E-state index contributed by atoms with van der Waals surface area (Å²) >= 11 is 6.04. The topological polar surface area (TPSA) is 47.0 Å². The zero-order valence-electron chi connectivity index (χ0n) is 16.4. The first kappa shape index (κ1) is 18.8. The van der Waals surface area contributed by atoms with Crippen LogP contribution in [0.25, 0.3) is 0 Å². The van der Waals surface area contributed by atoms with Gasteiger partial charge in [-0.3, -0.25) is 0 Å². The summed E-state index contributed by atoms with van der Waals surface area (Å²) in [5.74, 6) is 2.63. The van der Waals surface area contributed by atoms with Gasteiger partial charge in [-0.05, 0) is 44.5 Å². The molecule has 0 spiro atoms. The molecule has 1 aromatic heterocycles. The Labute approximate surface area is 171 Å². The molecule has 5 heteroatoms. The van der Waals surface area contributed by atoms with E-state index in [1.165, 1.54) is 16.7 Å². The summed E-state index contributed by atoms with van der Waals surface area (Å²) in [4.78, 5) is 9.35. The largest absolute Gasteiger partial charge is 0.493 e. The van der Waals surface area contributed by atoms with Crippen LogP contribution in [0.4, 0.5) is 5.82 Å². The van der Waals surface area contributed by atoms with Crippen LogP contribution in [0, 0.1) is 20.8 Å². The number of aromatic nitrogens is 2. The van der Waals surface area contributed by atoms with Crippen LogP contribution in [0.3, 0.4) is 0 Å². The molecule has 1 aliphatic heterocycles. The van der Waals surface area contributed by atoms with E-state index >= 15 is 0 Å². The molecule has 3 aromatic rings. The van der Waals surface area contributed by atoms with Gasteiger partial charge in [-0.25, -0.2) is 9.97 Å². The summed E-state index contributed by atoms with van der Waals surface area (Å²) in [5, 5.41) is 4.43. The summed E-state index contributed by atoms with van der Waals surface area (Å²) in [6, 6.07) is 14.5. The third-order valence-electron chi connectivity index (χ3n) is 5.14. The number of ether oxygens (including phenoxy) is 1. The van der Waals surface area contributed by atoms with E-state index in [4.69, 9.17) is 21.3 Å². The van der Waals surface area contributed by atoms with Crippen molar-refractivity contribution in [3.8, 4) is 5.75 Å². The molecule has 28 heavy (non-hydrogen) atoms. The molecule has 0 fully saturated rings. The van der Waals surface area contributed by atoms with Crippen LogP contribution in [0.1, 0.15) is 46.2 Å². The van der Waals surface area contributed by atoms with E-state index in [9.17, 15) is 0 Å². The van der Waals surface area contributed by atoms with Crippen molar-refractivity contribution in [3.05, 3.63) is 81.3 Å². The van der Waals surface area contributed by atoms with Crippen molar-refractivity contribution in [2.45, 2.75) is 39.7 Å². The molecule has 2 aromatic carbocycles. The van der Waals surface area contributed by atoms with Crippen molar-refractivity contribution >= 4 is 17.4 Å². The quantitative estimate of drug-likeness (QED) is 0.628. The van der Waals surface area contributed by atoms with Crippen LogP contribution in [0.2, 0.25) is 5.02 Å². The highest BCUT2D eigenvalue weighted by Crippen LogP contribution is 2.35. The van der Waals surface area contributed by atoms with Crippen LogP contribution in [-0.2, 0) is 6.42 Å². The van der Waals surface area contributed by atoms with Gasteiger partial charge in [0.15, 0.2) is 0 Å². The number of nitrogens with one attached hydrogen (secondary N) is 1. The average molecular weight is 394 g/mol. The number of aryl methyl sites for hydroxylation is 3. The Morgan fingerprint density at radius 1 is 1.07 bits per heavy atom. The smallest absolute Gasteiger partial charge is 0.133 e. The van der Waals surface area contributed by atoms with Crippen LogP contribution in [-0.4, -0.2) is 16.6 Å². The molecule has 0 aliphatic carbocycles. The van der Waals surface area contributed by atoms with Gasteiger partial charge in [0.05, 0.1) is 12.6 Å². The first-order chi connectivity index (χ1) is 13.5. The normalized spacial score (nSPS) is 15.6. The van der Waals surface area contributed by atoms with Crippen molar-refractivity contribution < 1.29 is 4.74 Å². The Morgan fingerprint density at radius 3 is 2.64 bits per heavy atom. The van der Waals surface area contributed by atoms with Gasteiger partial charge in [-0.15, -0.1) is 0 Å². The Morgan fingerprint density at radius 2 is 1.86 bits per heavy atom. The van der Waals surface area contributed by atoms with Gasteiger partial charge in [0.25, 0.3) is 0 Å². The molecule has 0 bridgehead atoms. The highest BCUT2D eigenvalue weighted by atomic mass is 35.5. The maximum Gasteiger partial charge on any atom is 0.133 e. The fourth-order valence-corrected chi connectivity index (χ4v) is 3.83. The predicted molar refractivity (Wildman–Crippen MR) is 113 cm³/mol. The lowest BCUT2D eigenvalue weighted by atomic mass is 9.97. The second-order valence-electron chi connectivity index (χ2n) is 7.36. The van der Waals surface area contributed by atoms with Crippen LogP contribution < -0.4 is 10.1 Å². The van der Waals surface area contributed by atoms with Gasteiger partial charge in [-0.2, -0.15) is 0 Å². The maximum absolute atomic E-state index is 6.04. The van der Waals surface area contributed by atoms with Crippen molar-refractivity contribution in [2.75, 3.05) is 11.9 Å². The monoisotopic (exact) mass is 393 g/mol. The molecule has 0 saturated carbocycles. The van der Waals surface area contributed by atoms with E-state index in [2.05, 4.69) is 47.6 Å². The molecular formula is C23H24ClN3O. The van der Waals surface area contributed by atoms with E-state index in [0.29, 0.717) is 6.61 Å². The molecule has 0 radical (unpaired) electrons. The van der Waals surface area contributed by atoms with Gasteiger partial charge in [0.1, 0.15) is 17.4 Å². The highest BCUT2D eigenvalue weighted by Gasteiger charge is 2.23. The second kappa shape index (κ2) is 7.80. The molecule has 0 amide bonds. The van der Waals surface area contributed by atoms with Crippen LogP contribution in [0.15, 0.2) is 42.5 Å². The molecule has 1 atom stereocenters. The summed E-state index contributed by atoms with van der Waals surface area (Å²) in [6.07, 6.45) is 1.66. The summed E-state index contributed by atoms with van der Waals surface area (Å²) in [7, 11) is 0. The Hall–Kier alpha value is -2.59. The van der Waals surface area contributed by atoms with Crippen LogP contribution >= 0.6 is 11.6 Å². The van der Waals surface area contributed by atoms with Crippen molar-refractivity contribution in [1.82, 2.24) is 9.97 Å². The lowest BCUT2D eigenvalue weighted by Gasteiger charge is -2.28. The fraction of sp³-hybridized carbons (Fsp3) is 0.304. The molecule has 1 unspecified atom stereocenters. The average Bonchev–Trinajstić information content (AvgIpc) is 2.66. The number of nitrogens with zero attached hydrogens (tertiary/aromatic N) is 2. The Bertz CT molecular complexity index is 1000. The van der Waals surface area contributed by atoms with E-state index in [1.807, 2.05) is 26.0 Å². The fourth-order valence-electron chi connectivity index (χ4n) is 3.70. The lowest BCUT2D eigenvalue weighted by Crippen LogP contribution is -2.22. The SMILES string of the molecule is Cc1ccc2c(c1)C(Nc1nc(C)nc(C)c1Cc1ccc(Cl)cc1)CCO2. The third kappa shape index (κ3) is 3.97. The number of anilines is 1. The highest BCUT2D eigenvalue weighted by molar-refractivity contribution is 6.30. The van der Waals surface area contributed by atoms with Gasteiger partial charge >= 0.3 is 0 Å². The number of rotatable bonds is 4. The first-order valence-corrected chi connectivity index (χ1v) is 9.96. The Kier molecular flexibility index (Phi) is 5.23. The van der Waals surface area contributed by atoms with Crippen molar-refractivity contribution in [3.63, 3.8) is 0 Å². The molecular weight excluding hydrogens is 370 g/mol. The Balaban J connectivity index is 1.68.